The van der Waals surface area contributed by atoms with Crippen LogP contribution in [0.1, 0.15) is 37.9 Å². The number of rotatable bonds is 6. The van der Waals surface area contributed by atoms with Crippen molar-refractivity contribution < 1.29 is 14.3 Å². The molecule has 7 heteroatoms. The predicted molar refractivity (Wildman–Crippen MR) is 88.0 cm³/mol. The number of nitrogens with zero attached hydrogens (tertiary/aromatic N) is 3. The zero-order chi connectivity index (χ0) is 17.1. The average Bonchev–Trinajstić information content (AvgIpc) is 3.20. The van der Waals surface area contributed by atoms with E-state index in [1.54, 1.807) is 6.92 Å². The molecular weight excluding hydrogens is 308 g/mol. The molecule has 1 amide bonds. The molecule has 0 saturated carbocycles. The van der Waals surface area contributed by atoms with E-state index in [1.165, 1.54) is 17.3 Å². The lowest BCUT2D eigenvalue weighted by Crippen LogP contribution is -2.31. The lowest BCUT2D eigenvalue weighted by molar-refractivity contribution is -0.124. The minimum Gasteiger partial charge on any atom is -0.494 e. The molecular formula is C17H22N4O3. The van der Waals surface area contributed by atoms with Crippen molar-refractivity contribution in [3.63, 3.8) is 0 Å². The van der Waals surface area contributed by atoms with Crippen LogP contribution in [-0.2, 0) is 17.8 Å². The molecule has 1 aromatic heterocycles. The summed E-state index contributed by atoms with van der Waals surface area (Å²) in [6.07, 6.45) is 3.99. The van der Waals surface area contributed by atoms with Crippen molar-refractivity contribution in [2.24, 2.45) is 0 Å². The molecule has 2 heterocycles. The molecule has 1 N–H and O–H groups in total. The van der Waals surface area contributed by atoms with Crippen LogP contribution in [0.25, 0.3) is 0 Å². The Kier molecular flexibility index (Phi) is 4.69. The Hall–Kier alpha value is -2.57. The van der Waals surface area contributed by atoms with Gasteiger partial charge in [-0.15, -0.1) is 0 Å². The van der Waals surface area contributed by atoms with Gasteiger partial charge in [-0.2, -0.15) is 5.10 Å². The SMILES string of the molecule is CCOc1cc2c(cc1CNC(=O)[C@H](C)n1cncn1)O[C@@H](C)C2. The summed E-state index contributed by atoms with van der Waals surface area (Å²) < 4.78 is 13.1. The van der Waals surface area contributed by atoms with Crippen LogP contribution in [0.15, 0.2) is 24.8 Å². The summed E-state index contributed by atoms with van der Waals surface area (Å²) in [5, 5.41) is 6.92. The molecule has 24 heavy (non-hydrogen) atoms. The van der Waals surface area contributed by atoms with Gasteiger partial charge in [0, 0.05) is 24.1 Å². The molecule has 1 aliphatic rings. The zero-order valence-electron chi connectivity index (χ0n) is 14.2. The lowest BCUT2D eigenvalue weighted by Gasteiger charge is -2.15. The first-order chi connectivity index (χ1) is 11.6. The second-order valence-electron chi connectivity index (χ2n) is 5.90. The topological polar surface area (TPSA) is 78.3 Å². The largest absolute Gasteiger partial charge is 0.494 e. The summed E-state index contributed by atoms with van der Waals surface area (Å²) in [7, 11) is 0. The molecule has 0 bridgehead atoms. The monoisotopic (exact) mass is 330 g/mol. The quantitative estimate of drug-likeness (QED) is 0.875. The van der Waals surface area contributed by atoms with E-state index in [1.807, 2.05) is 26.0 Å². The van der Waals surface area contributed by atoms with Gasteiger partial charge in [0.2, 0.25) is 5.91 Å². The lowest BCUT2D eigenvalue weighted by atomic mass is 10.1. The predicted octanol–water partition coefficient (Wildman–Crippen LogP) is 1.88. The minimum absolute atomic E-state index is 0.127. The molecule has 128 valence electrons. The number of benzene rings is 1. The van der Waals surface area contributed by atoms with Crippen molar-refractivity contribution in [1.29, 1.82) is 0 Å². The molecule has 7 nitrogen and oxygen atoms in total. The Morgan fingerprint density at radius 2 is 2.38 bits per heavy atom. The highest BCUT2D eigenvalue weighted by Gasteiger charge is 2.22. The summed E-state index contributed by atoms with van der Waals surface area (Å²) in [6.45, 7) is 6.72. The summed E-state index contributed by atoms with van der Waals surface area (Å²) >= 11 is 0. The number of nitrogens with one attached hydrogen (secondary N) is 1. The molecule has 2 atom stereocenters. The van der Waals surface area contributed by atoms with Crippen molar-refractivity contribution in [1.82, 2.24) is 20.1 Å². The van der Waals surface area contributed by atoms with E-state index < -0.39 is 6.04 Å². The highest BCUT2D eigenvalue weighted by Crippen LogP contribution is 2.35. The van der Waals surface area contributed by atoms with Crippen LogP contribution in [-0.4, -0.2) is 33.4 Å². The number of hydrogen-bond acceptors (Lipinski definition) is 5. The molecule has 0 aliphatic carbocycles. The van der Waals surface area contributed by atoms with Gasteiger partial charge in [0.25, 0.3) is 0 Å². The summed E-state index contributed by atoms with van der Waals surface area (Å²) in [6, 6.07) is 3.56. The van der Waals surface area contributed by atoms with Crippen LogP contribution < -0.4 is 14.8 Å². The number of hydrogen-bond donors (Lipinski definition) is 1. The fraction of sp³-hybridized carbons (Fsp3) is 0.471. The number of fused-ring (bicyclic) bond motifs is 1. The zero-order valence-corrected chi connectivity index (χ0v) is 14.2. The Morgan fingerprint density at radius 1 is 1.54 bits per heavy atom. The summed E-state index contributed by atoms with van der Waals surface area (Å²) in [5.74, 6) is 1.54. The first kappa shape index (κ1) is 16.3. The highest BCUT2D eigenvalue weighted by atomic mass is 16.5. The van der Waals surface area contributed by atoms with Gasteiger partial charge >= 0.3 is 0 Å². The molecule has 0 saturated heterocycles. The van der Waals surface area contributed by atoms with E-state index in [4.69, 9.17) is 9.47 Å². The second-order valence-corrected chi connectivity index (χ2v) is 5.90. The van der Waals surface area contributed by atoms with Gasteiger partial charge in [0.05, 0.1) is 6.61 Å². The highest BCUT2D eigenvalue weighted by molar-refractivity contribution is 5.79. The molecule has 3 rings (SSSR count). The van der Waals surface area contributed by atoms with E-state index in [0.29, 0.717) is 13.2 Å². The third-order valence-corrected chi connectivity index (χ3v) is 4.04. The van der Waals surface area contributed by atoms with E-state index in [-0.39, 0.29) is 12.0 Å². The number of aromatic nitrogens is 3. The molecule has 1 aliphatic heterocycles. The summed E-state index contributed by atoms with van der Waals surface area (Å²) in [4.78, 5) is 16.2. The molecule has 0 unspecified atom stereocenters. The van der Waals surface area contributed by atoms with Gasteiger partial charge in [0.15, 0.2) is 0 Å². The van der Waals surface area contributed by atoms with Crippen LogP contribution in [0.2, 0.25) is 0 Å². The smallest absolute Gasteiger partial charge is 0.244 e. The normalized spacial score (nSPS) is 17.0. The van der Waals surface area contributed by atoms with Gasteiger partial charge < -0.3 is 14.8 Å². The number of ether oxygens (including phenoxy) is 2. The number of carbonyl (C=O) groups excluding carboxylic acids is 1. The third-order valence-electron chi connectivity index (χ3n) is 4.04. The first-order valence-corrected chi connectivity index (χ1v) is 8.15. The van der Waals surface area contributed by atoms with Crippen LogP contribution in [0.4, 0.5) is 0 Å². The van der Waals surface area contributed by atoms with Gasteiger partial charge in [-0.1, -0.05) is 0 Å². The van der Waals surface area contributed by atoms with Gasteiger partial charge in [-0.05, 0) is 32.9 Å². The van der Waals surface area contributed by atoms with Gasteiger partial charge in [-0.3, -0.25) is 4.79 Å². The van der Waals surface area contributed by atoms with Crippen LogP contribution in [0.5, 0.6) is 11.5 Å². The second kappa shape index (κ2) is 6.90. The maximum Gasteiger partial charge on any atom is 0.244 e. The number of carbonyl (C=O) groups is 1. The molecule has 0 fully saturated rings. The molecule has 1 aromatic carbocycles. The van der Waals surface area contributed by atoms with Crippen molar-refractivity contribution >= 4 is 5.91 Å². The summed E-state index contributed by atoms with van der Waals surface area (Å²) in [5.41, 5.74) is 2.06. The van der Waals surface area contributed by atoms with E-state index in [2.05, 4.69) is 15.4 Å². The van der Waals surface area contributed by atoms with E-state index >= 15 is 0 Å². The van der Waals surface area contributed by atoms with E-state index in [9.17, 15) is 4.79 Å². The maximum atomic E-state index is 12.3. The Morgan fingerprint density at radius 3 is 3.08 bits per heavy atom. The minimum atomic E-state index is -0.422. The molecule has 2 aromatic rings. The Labute approximate surface area is 141 Å². The molecule has 0 radical (unpaired) electrons. The maximum absolute atomic E-state index is 12.3. The first-order valence-electron chi connectivity index (χ1n) is 8.15. The van der Waals surface area contributed by atoms with Crippen LogP contribution in [0.3, 0.4) is 0 Å². The van der Waals surface area contributed by atoms with Crippen molar-refractivity contribution in [3.05, 3.63) is 35.9 Å². The van der Waals surface area contributed by atoms with Gasteiger partial charge in [0.1, 0.15) is 36.3 Å². The van der Waals surface area contributed by atoms with Crippen LogP contribution >= 0.6 is 0 Å². The van der Waals surface area contributed by atoms with Crippen molar-refractivity contribution in [3.8, 4) is 11.5 Å². The van der Waals surface area contributed by atoms with Crippen LogP contribution in [0, 0.1) is 0 Å². The Bertz CT molecular complexity index is 715. The van der Waals surface area contributed by atoms with E-state index in [0.717, 1.165) is 29.0 Å². The van der Waals surface area contributed by atoms with Crippen molar-refractivity contribution in [2.45, 2.75) is 45.9 Å². The molecule has 0 spiro atoms. The standard InChI is InChI=1S/C17H22N4O3/c1-4-23-15-6-13-5-11(2)24-16(13)7-14(15)8-19-17(22)12(3)21-10-18-9-20-21/h6-7,9-12H,4-5,8H2,1-3H3,(H,19,22)/t11-,12-/m0/s1. The third kappa shape index (κ3) is 3.34. The fourth-order valence-electron chi connectivity index (χ4n) is 2.78. The van der Waals surface area contributed by atoms with Crippen molar-refractivity contribution in [2.75, 3.05) is 6.61 Å². The fourth-order valence-corrected chi connectivity index (χ4v) is 2.78. The number of amides is 1. The average molecular weight is 330 g/mol. The Balaban J connectivity index is 1.72. The van der Waals surface area contributed by atoms with Gasteiger partial charge in [-0.25, -0.2) is 9.67 Å².